The fourth-order valence-electron chi connectivity index (χ4n) is 1.56. The highest BCUT2D eigenvalue weighted by atomic mass is 32.2. The standard InChI is InChI=1S/C13H14FN3S/c1-9-2-3-16-13(17-9)18-8-11-4-10(7-15)5-12(14)6-11/h2-6H,7-8,15H2,1H3. The van der Waals surface area contributed by atoms with Gasteiger partial charge in [-0.05, 0) is 36.2 Å². The van der Waals surface area contributed by atoms with Crippen LogP contribution in [0.1, 0.15) is 16.8 Å². The number of nitrogens with two attached hydrogens (primary N) is 1. The minimum absolute atomic E-state index is 0.251. The van der Waals surface area contributed by atoms with Crippen LogP contribution in [0, 0.1) is 12.7 Å². The van der Waals surface area contributed by atoms with Gasteiger partial charge in [0.1, 0.15) is 5.82 Å². The Morgan fingerprint density at radius 3 is 2.78 bits per heavy atom. The van der Waals surface area contributed by atoms with Crippen molar-refractivity contribution in [2.24, 2.45) is 5.73 Å². The summed E-state index contributed by atoms with van der Waals surface area (Å²) in [5.74, 6) is 0.382. The molecular formula is C13H14FN3S. The topological polar surface area (TPSA) is 51.8 Å². The summed E-state index contributed by atoms with van der Waals surface area (Å²) in [5, 5.41) is 0.702. The zero-order valence-electron chi connectivity index (χ0n) is 10.1. The van der Waals surface area contributed by atoms with E-state index >= 15 is 0 Å². The molecular weight excluding hydrogens is 249 g/mol. The third kappa shape index (κ3) is 3.51. The molecule has 2 rings (SSSR count). The van der Waals surface area contributed by atoms with E-state index < -0.39 is 0 Å². The van der Waals surface area contributed by atoms with Gasteiger partial charge in [0, 0.05) is 24.2 Å². The molecule has 2 aromatic rings. The van der Waals surface area contributed by atoms with Crippen LogP contribution in [0.15, 0.2) is 35.6 Å². The fraction of sp³-hybridized carbons (Fsp3) is 0.231. The maximum atomic E-state index is 13.3. The van der Waals surface area contributed by atoms with Crippen molar-refractivity contribution in [3.63, 3.8) is 0 Å². The van der Waals surface area contributed by atoms with Crippen molar-refractivity contribution in [3.05, 3.63) is 53.1 Å². The summed E-state index contributed by atoms with van der Waals surface area (Å²) in [6, 6.07) is 6.73. The Morgan fingerprint density at radius 1 is 1.28 bits per heavy atom. The van der Waals surface area contributed by atoms with E-state index in [1.807, 2.05) is 19.1 Å². The minimum Gasteiger partial charge on any atom is -0.326 e. The number of halogens is 1. The lowest BCUT2D eigenvalue weighted by atomic mass is 10.1. The van der Waals surface area contributed by atoms with Gasteiger partial charge in [0.15, 0.2) is 5.16 Å². The third-order valence-corrected chi connectivity index (χ3v) is 3.33. The Labute approximate surface area is 110 Å². The molecule has 1 aromatic heterocycles. The summed E-state index contributed by atoms with van der Waals surface area (Å²) in [5.41, 5.74) is 8.14. The monoisotopic (exact) mass is 263 g/mol. The van der Waals surface area contributed by atoms with Gasteiger partial charge in [0.25, 0.3) is 0 Å². The van der Waals surface area contributed by atoms with Gasteiger partial charge in [-0.25, -0.2) is 14.4 Å². The summed E-state index contributed by atoms with van der Waals surface area (Å²) < 4.78 is 13.3. The van der Waals surface area contributed by atoms with Crippen molar-refractivity contribution in [1.82, 2.24) is 9.97 Å². The van der Waals surface area contributed by atoms with Crippen LogP contribution < -0.4 is 5.73 Å². The Bertz CT molecular complexity index is 546. The van der Waals surface area contributed by atoms with E-state index in [1.165, 1.54) is 23.9 Å². The molecule has 1 heterocycles. The molecule has 0 spiro atoms. The lowest BCUT2D eigenvalue weighted by molar-refractivity contribution is 0.624. The van der Waals surface area contributed by atoms with E-state index in [9.17, 15) is 4.39 Å². The highest BCUT2D eigenvalue weighted by Gasteiger charge is 2.03. The molecule has 0 bridgehead atoms. The number of aryl methyl sites for hydroxylation is 1. The molecule has 0 radical (unpaired) electrons. The highest BCUT2D eigenvalue weighted by molar-refractivity contribution is 7.98. The van der Waals surface area contributed by atoms with E-state index in [0.29, 0.717) is 17.5 Å². The van der Waals surface area contributed by atoms with Crippen molar-refractivity contribution < 1.29 is 4.39 Å². The second kappa shape index (κ2) is 5.93. The van der Waals surface area contributed by atoms with E-state index in [1.54, 1.807) is 6.20 Å². The first-order valence-electron chi connectivity index (χ1n) is 5.58. The maximum absolute atomic E-state index is 13.3. The van der Waals surface area contributed by atoms with Crippen molar-refractivity contribution in [2.75, 3.05) is 0 Å². The first-order chi connectivity index (χ1) is 8.67. The Morgan fingerprint density at radius 2 is 2.06 bits per heavy atom. The van der Waals surface area contributed by atoms with E-state index in [0.717, 1.165) is 16.8 Å². The summed E-state index contributed by atoms with van der Waals surface area (Å²) in [6.45, 7) is 2.26. The molecule has 0 fully saturated rings. The fourth-order valence-corrected chi connectivity index (χ4v) is 2.37. The summed E-state index contributed by atoms with van der Waals surface area (Å²) >= 11 is 1.49. The average molecular weight is 263 g/mol. The minimum atomic E-state index is -0.251. The molecule has 2 N–H and O–H groups in total. The van der Waals surface area contributed by atoms with E-state index in [4.69, 9.17) is 5.73 Å². The Balaban J connectivity index is 2.08. The van der Waals surface area contributed by atoms with E-state index in [-0.39, 0.29) is 5.82 Å². The van der Waals surface area contributed by atoms with Crippen LogP contribution >= 0.6 is 11.8 Å². The van der Waals surface area contributed by atoms with Crippen molar-refractivity contribution in [1.29, 1.82) is 0 Å². The first kappa shape index (κ1) is 13.0. The number of thioether (sulfide) groups is 1. The van der Waals surface area contributed by atoms with Gasteiger partial charge in [-0.15, -0.1) is 0 Å². The van der Waals surface area contributed by atoms with E-state index in [2.05, 4.69) is 9.97 Å². The number of rotatable bonds is 4. The predicted octanol–water partition coefficient (Wildman–Crippen LogP) is 2.68. The summed E-state index contributed by atoms with van der Waals surface area (Å²) in [7, 11) is 0. The second-order valence-corrected chi connectivity index (χ2v) is 4.88. The van der Waals surface area contributed by atoms with Crippen LogP contribution in [-0.2, 0) is 12.3 Å². The van der Waals surface area contributed by atoms with Gasteiger partial charge in [-0.3, -0.25) is 0 Å². The van der Waals surface area contributed by atoms with Gasteiger partial charge >= 0.3 is 0 Å². The number of nitrogens with zero attached hydrogens (tertiary/aromatic N) is 2. The van der Waals surface area contributed by atoms with Gasteiger partial charge < -0.3 is 5.73 Å². The molecule has 0 saturated carbocycles. The smallest absolute Gasteiger partial charge is 0.188 e. The molecule has 0 aliphatic carbocycles. The van der Waals surface area contributed by atoms with Crippen LogP contribution in [0.4, 0.5) is 4.39 Å². The molecule has 94 valence electrons. The lowest BCUT2D eigenvalue weighted by Crippen LogP contribution is -1.98. The zero-order chi connectivity index (χ0) is 13.0. The summed E-state index contributed by atoms with van der Waals surface area (Å²) in [4.78, 5) is 8.44. The van der Waals surface area contributed by atoms with Crippen molar-refractivity contribution in [2.45, 2.75) is 24.4 Å². The number of hydrogen-bond donors (Lipinski definition) is 1. The second-order valence-electron chi connectivity index (χ2n) is 3.94. The molecule has 18 heavy (non-hydrogen) atoms. The number of hydrogen-bond acceptors (Lipinski definition) is 4. The zero-order valence-corrected chi connectivity index (χ0v) is 10.9. The molecule has 0 aliphatic heterocycles. The molecule has 0 atom stereocenters. The van der Waals surface area contributed by atoms with Crippen LogP contribution in [0.2, 0.25) is 0 Å². The molecule has 1 aromatic carbocycles. The quantitative estimate of drug-likeness (QED) is 0.680. The first-order valence-corrected chi connectivity index (χ1v) is 6.57. The van der Waals surface area contributed by atoms with Crippen LogP contribution in [0.5, 0.6) is 0 Å². The molecule has 0 aliphatic rings. The number of benzene rings is 1. The summed E-state index contributed by atoms with van der Waals surface area (Å²) in [6.07, 6.45) is 1.72. The van der Waals surface area contributed by atoms with Crippen LogP contribution in [-0.4, -0.2) is 9.97 Å². The van der Waals surface area contributed by atoms with Crippen LogP contribution in [0.25, 0.3) is 0 Å². The SMILES string of the molecule is Cc1ccnc(SCc2cc(F)cc(CN)c2)n1. The third-order valence-electron chi connectivity index (χ3n) is 2.39. The normalized spacial score (nSPS) is 10.6. The van der Waals surface area contributed by atoms with Gasteiger partial charge in [0.2, 0.25) is 0 Å². The number of aromatic nitrogens is 2. The molecule has 3 nitrogen and oxygen atoms in total. The Hall–Kier alpha value is -1.46. The Kier molecular flexibility index (Phi) is 4.28. The molecule has 0 amide bonds. The highest BCUT2D eigenvalue weighted by Crippen LogP contribution is 2.20. The lowest BCUT2D eigenvalue weighted by Gasteiger charge is -2.04. The van der Waals surface area contributed by atoms with Gasteiger partial charge in [-0.1, -0.05) is 17.8 Å². The van der Waals surface area contributed by atoms with Gasteiger partial charge in [-0.2, -0.15) is 0 Å². The maximum Gasteiger partial charge on any atom is 0.188 e. The average Bonchev–Trinajstić information content (AvgIpc) is 2.36. The molecule has 0 saturated heterocycles. The van der Waals surface area contributed by atoms with Crippen molar-refractivity contribution >= 4 is 11.8 Å². The van der Waals surface area contributed by atoms with Crippen molar-refractivity contribution in [3.8, 4) is 0 Å². The molecule has 5 heteroatoms. The largest absolute Gasteiger partial charge is 0.326 e. The van der Waals surface area contributed by atoms with Crippen LogP contribution in [0.3, 0.4) is 0 Å². The van der Waals surface area contributed by atoms with Gasteiger partial charge in [0.05, 0.1) is 0 Å². The molecule has 0 unspecified atom stereocenters. The predicted molar refractivity (Wildman–Crippen MR) is 70.6 cm³/mol.